The van der Waals surface area contributed by atoms with E-state index in [2.05, 4.69) is 17.2 Å². The summed E-state index contributed by atoms with van der Waals surface area (Å²) in [5, 5.41) is 3.00. The van der Waals surface area contributed by atoms with E-state index in [9.17, 15) is 4.79 Å². The SMILES string of the molecule is COc1ccc(C#CC[C@H](Cc2ccccc2)C(=O)Nc2ccc(OC)cc2)cc1. The minimum Gasteiger partial charge on any atom is -0.497 e. The van der Waals surface area contributed by atoms with Crippen LogP contribution < -0.4 is 14.8 Å². The molecule has 0 aliphatic rings. The highest BCUT2D eigenvalue weighted by molar-refractivity contribution is 5.93. The Kier molecular flexibility index (Phi) is 7.51. The lowest BCUT2D eigenvalue weighted by atomic mass is 9.95. The van der Waals surface area contributed by atoms with Crippen LogP contribution in [0.1, 0.15) is 17.5 Å². The molecule has 0 aliphatic heterocycles. The maximum atomic E-state index is 13.0. The molecule has 0 heterocycles. The van der Waals surface area contributed by atoms with Crippen LogP contribution in [0.15, 0.2) is 78.9 Å². The highest BCUT2D eigenvalue weighted by atomic mass is 16.5. The molecule has 0 aliphatic carbocycles. The van der Waals surface area contributed by atoms with E-state index < -0.39 is 0 Å². The van der Waals surface area contributed by atoms with Crippen molar-refractivity contribution in [3.05, 3.63) is 90.0 Å². The Morgan fingerprint density at radius 1 is 0.867 bits per heavy atom. The molecule has 152 valence electrons. The molecule has 3 rings (SSSR count). The molecule has 3 aromatic rings. The molecule has 1 N–H and O–H groups in total. The number of benzene rings is 3. The molecular weight excluding hydrogens is 374 g/mol. The van der Waals surface area contributed by atoms with E-state index >= 15 is 0 Å². The van der Waals surface area contributed by atoms with Gasteiger partial charge in [0.15, 0.2) is 0 Å². The van der Waals surface area contributed by atoms with Gasteiger partial charge in [-0.15, -0.1) is 0 Å². The van der Waals surface area contributed by atoms with Crippen molar-refractivity contribution in [2.45, 2.75) is 12.8 Å². The molecule has 0 spiro atoms. The molecule has 0 unspecified atom stereocenters. The maximum absolute atomic E-state index is 13.0. The van der Waals surface area contributed by atoms with Crippen molar-refractivity contribution in [3.8, 4) is 23.3 Å². The number of carbonyl (C=O) groups excluding carboxylic acids is 1. The van der Waals surface area contributed by atoms with Gasteiger partial charge >= 0.3 is 0 Å². The van der Waals surface area contributed by atoms with E-state index in [1.807, 2.05) is 78.9 Å². The molecule has 0 saturated heterocycles. The summed E-state index contributed by atoms with van der Waals surface area (Å²) in [4.78, 5) is 13.0. The zero-order chi connectivity index (χ0) is 21.2. The summed E-state index contributed by atoms with van der Waals surface area (Å²) in [5.41, 5.74) is 2.74. The van der Waals surface area contributed by atoms with Crippen molar-refractivity contribution in [1.82, 2.24) is 0 Å². The van der Waals surface area contributed by atoms with Gasteiger partial charge in [-0.05, 0) is 60.5 Å². The lowest BCUT2D eigenvalue weighted by molar-refractivity contribution is -0.119. The number of hydrogen-bond donors (Lipinski definition) is 1. The second-order valence-corrected chi connectivity index (χ2v) is 6.84. The van der Waals surface area contributed by atoms with E-state index in [1.54, 1.807) is 14.2 Å². The number of rotatable bonds is 7. The number of methoxy groups -OCH3 is 2. The van der Waals surface area contributed by atoms with Gasteiger partial charge in [0.05, 0.1) is 20.1 Å². The molecule has 1 amide bonds. The highest BCUT2D eigenvalue weighted by Gasteiger charge is 2.18. The van der Waals surface area contributed by atoms with Crippen LogP contribution in [0.3, 0.4) is 0 Å². The molecule has 4 heteroatoms. The van der Waals surface area contributed by atoms with Gasteiger partial charge in [0.25, 0.3) is 0 Å². The highest BCUT2D eigenvalue weighted by Crippen LogP contribution is 2.19. The Morgan fingerprint density at radius 3 is 2.07 bits per heavy atom. The number of carbonyl (C=O) groups is 1. The summed E-state index contributed by atoms with van der Waals surface area (Å²) in [6.07, 6.45) is 1.09. The van der Waals surface area contributed by atoms with Gasteiger partial charge in [0.1, 0.15) is 11.5 Å². The molecular formula is C26H25NO3. The average molecular weight is 399 g/mol. The van der Waals surface area contributed by atoms with Gasteiger partial charge in [0.2, 0.25) is 5.91 Å². The van der Waals surface area contributed by atoms with Crippen LogP contribution in [-0.4, -0.2) is 20.1 Å². The lowest BCUT2D eigenvalue weighted by Gasteiger charge is -2.15. The van der Waals surface area contributed by atoms with Crippen LogP contribution in [0.2, 0.25) is 0 Å². The Bertz CT molecular complexity index is 1000. The minimum absolute atomic E-state index is 0.0481. The smallest absolute Gasteiger partial charge is 0.228 e. The van der Waals surface area contributed by atoms with E-state index in [4.69, 9.17) is 9.47 Å². The topological polar surface area (TPSA) is 47.6 Å². The first kappa shape index (κ1) is 21.0. The summed E-state index contributed by atoms with van der Waals surface area (Å²) >= 11 is 0. The van der Waals surface area contributed by atoms with E-state index in [-0.39, 0.29) is 11.8 Å². The van der Waals surface area contributed by atoms with Gasteiger partial charge in [-0.2, -0.15) is 0 Å². The second kappa shape index (κ2) is 10.7. The zero-order valence-electron chi connectivity index (χ0n) is 17.2. The van der Waals surface area contributed by atoms with E-state index in [0.717, 1.165) is 28.3 Å². The standard InChI is InChI=1S/C26H25NO3/c1-29-24-15-11-20(12-16-24)9-6-10-22(19-21-7-4-3-5-8-21)26(28)27-23-13-17-25(30-2)18-14-23/h3-5,7-8,11-18,22H,10,19H2,1-2H3,(H,27,28)/t22-/m1/s1. The molecule has 30 heavy (non-hydrogen) atoms. The van der Waals surface area contributed by atoms with Crippen LogP contribution in [0.4, 0.5) is 5.69 Å². The van der Waals surface area contributed by atoms with Gasteiger partial charge in [-0.1, -0.05) is 42.2 Å². The molecule has 0 saturated carbocycles. The van der Waals surface area contributed by atoms with Crippen molar-refractivity contribution >= 4 is 11.6 Å². The minimum atomic E-state index is -0.264. The Labute approximate surface area is 177 Å². The van der Waals surface area contributed by atoms with E-state index in [1.165, 1.54) is 0 Å². The van der Waals surface area contributed by atoms with Crippen molar-refractivity contribution in [1.29, 1.82) is 0 Å². The van der Waals surface area contributed by atoms with Crippen LogP contribution in [0.5, 0.6) is 11.5 Å². The number of ether oxygens (including phenoxy) is 2. The largest absolute Gasteiger partial charge is 0.497 e. The second-order valence-electron chi connectivity index (χ2n) is 6.84. The summed E-state index contributed by atoms with van der Waals surface area (Å²) < 4.78 is 10.3. The van der Waals surface area contributed by atoms with Crippen LogP contribution in [0, 0.1) is 17.8 Å². The van der Waals surface area contributed by atoms with Gasteiger partial charge in [-0.3, -0.25) is 4.79 Å². The van der Waals surface area contributed by atoms with Crippen molar-refractivity contribution in [2.75, 3.05) is 19.5 Å². The average Bonchev–Trinajstić information content (AvgIpc) is 2.80. The van der Waals surface area contributed by atoms with Gasteiger partial charge < -0.3 is 14.8 Å². The summed E-state index contributed by atoms with van der Waals surface area (Å²) in [6, 6.07) is 24.9. The number of anilines is 1. The fraction of sp³-hybridized carbons (Fsp3) is 0.192. The summed E-state index contributed by atoms with van der Waals surface area (Å²) in [5.74, 6) is 7.55. The fourth-order valence-corrected chi connectivity index (χ4v) is 3.03. The molecule has 0 radical (unpaired) electrons. The monoisotopic (exact) mass is 399 g/mol. The zero-order valence-corrected chi connectivity index (χ0v) is 17.2. The quantitative estimate of drug-likeness (QED) is 0.572. The van der Waals surface area contributed by atoms with Crippen LogP contribution in [0.25, 0.3) is 0 Å². The molecule has 0 aromatic heterocycles. The molecule has 3 aromatic carbocycles. The third-order valence-corrected chi connectivity index (χ3v) is 4.72. The van der Waals surface area contributed by atoms with Crippen molar-refractivity contribution in [3.63, 3.8) is 0 Å². The van der Waals surface area contributed by atoms with Crippen molar-refractivity contribution in [2.24, 2.45) is 5.92 Å². The number of hydrogen-bond acceptors (Lipinski definition) is 3. The third-order valence-electron chi connectivity index (χ3n) is 4.72. The molecule has 0 fully saturated rings. The molecule has 0 bridgehead atoms. The first-order valence-electron chi connectivity index (χ1n) is 9.79. The summed E-state index contributed by atoms with van der Waals surface area (Å²) in [7, 11) is 3.25. The lowest BCUT2D eigenvalue weighted by Crippen LogP contribution is -2.24. The predicted molar refractivity (Wildman–Crippen MR) is 120 cm³/mol. The Hall–Kier alpha value is -3.71. The summed E-state index contributed by atoms with van der Waals surface area (Å²) in [6.45, 7) is 0. The van der Waals surface area contributed by atoms with Crippen molar-refractivity contribution < 1.29 is 14.3 Å². The van der Waals surface area contributed by atoms with Crippen LogP contribution in [-0.2, 0) is 11.2 Å². The third kappa shape index (κ3) is 6.15. The number of amides is 1. The normalized spacial score (nSPS) is 11.0. The van der Waals surface area contributed by atoms with Crippen LogP contribution >= 0.6 is 0 Å². The number of nitrogens with one attached hydrogen (secondary N) is 1. The molecule has 1 atom stereocenters. The van der Waals surface area contributed by atoms with Gasteiger partial charge in [-0.25, -0.2) is 0 Å². The Balaban J connectivity index is 1.72. The fourth-order valence-electron chi connectivity index (χ4n) is 3.03. The Morgan fingerprint density at radius 2 is 1.47 bits per heavy atom. The van der Waals surface area contributed by atoms with Gasteiger partial charge in [0, 0.05) is 17.7 Å². The maximum Gasteiger partial charge on any atom is 0.228 e. The first-order valence-corrected chi connectivity index (χ1v) is 9.79. The first-order chi connectivity index (χ1) is 14.7. The van der Waals surface area contributed by atoms with E-state index in [0.29, 0.717) is 12.8 Å². The predicted octanol–water partition coefficient (Wildman–Crippen LogP) is 4.94. The molecule has 4 nitrogen and oxygen atoms in total.